The molecule has 1 nitrogen and oxygen atoms in total. The summed E-state index contributed by atoms with van der Waals surface area (Å²) in [5, 5.41) is 0. The van der Waals surface area contributed by atoms with Gasteiger partial charge in [-0.25, -0.2) is 0 Å². The minimum absolute atomic E-state index is 0.358. The Kier molecular flexibility index (Phi) is 1.06. The molecule has 0 radical (unpaired) electrons. The molecule has 12 heavy (non-hydrogen) atoms. The SMILES string of the molecule is O=C1CC2CCc3cccc1c32. The average molecular weight is 158 g/mol. The van der Waals surface area contributed by atoms with E-state index in [1.54, 1.807) is 0 Å². The van der Waals surface area contributed by atoms with Crippen LogP contribution in [0.25, 0.3) is 0 Å². The zero-order valence-electron chi connectivity index (χ0n) is 6.84. The second kappa shape index (κ2) is 1.98. The van der Waals surface area contributed by atoms with E-state index < -0.39 is 0 Å². The van der Waals surface area contributed by atoms with Gasteiger partial charge in [0.1, 0.15) is 0 Å². The third-order valence-corrected chi connectivity index (χ3v) is 3.10. The maximum Gasteiger partial charge on any atom is 0.163 e. The van der Waals surface area contributed by atoms with Gasteiger partial charge in [0.2, 0.25) is 0 Å². The molecule has 0 N–H and O–H groups in total. The summed E-state index contributed by atoms with van der Waals surface area (Å²) in [5.74, 6) is 0.931. The molecule has 0 saturated carbocycles. The van der Waals surface area contributed by atoms with E-state index in [1.807, 2.05) is 12.1 Å². The number of carbonyl (C=O) groups is 1. The first-order chi connectivity index (χ1) is 5.86. The largest absolute Gasteiger partial charge is 0.294 e. The zero-order valence-corrected chi connectivity index (χ0v) is 6.84. The summed E-state index contributed by atoms with van der Waals surface area (Å²) in [6.45, 7) is 0. The Morgan fingerprint density at radius 3 is 3.17 bits per heavy atom. The normalized spacial score (nSPS) is 24.7. The van der Waals surface area contributed by atoms with Crippen molar-refractivity contribution in [2.75, 3.05) is 0 Å². The van der Waals surface area contributed by atoms with Gasteiger partial charge in [-0.1, -0.05) is 18.2 Å². The molecular formula is C11H10O. The number of Topliss-reactive ketones (excluding diaryl/α,β-unsaturated/α-hetero) is 1. The Bertz CT molecular complexity index is 365. The van der Waals surface area contributed by atoms with Crippen molar-refractivity contribution in [3.63, 3.8) is 0 Å². The van der Waals surface area contributed by atoms with Gasteiger partial charge in [-0.3, -0.25) is 4.79 Å². The van der Waals surface area contributed by atoms with Gasteiger partial charge in [0, 0.05) is 12.0 Å². The summed E-state index contributed by atoms with van der Waals surface area (Å²) in [6, 6.07) is 6.16. The van der Waals surface area contributed by atoms with Crippen molar-refractivity contribution in [2.24, 2.45) is 0 Å². The summed E-state index contributed by atoms with van der Waals surface area (Å²) >= 11 is 0. The van der Waals surface area contributed by atoms with Gasteiger partial charge in [-0.15, -0.1) is 0 Å². The van der Waals surface area contributed by atoms with Crippen LogP contribution in [0.1, 0.15) is 40.2 Å². The van der Waals surface area contributed by atoms with Gasteiger partial charge >= 0.3 is 0 Å². The molecule has 0 bridgehead atoms. The average Bonchev–Trinajstić information content (AvgIpc) is 2.61. The third-order valence-electron chi connectivity index (χ3n) is 3.10. The van der Waals surface area contributed by atoms with Crippen molar-refractivity contribution in [1.82, 2.24) is 0 Å². The first-order valence-electron chi connectivity index (χ1n) is 4.51. The molecule has 3 rings (SSSR count). The lowest BCUT2D eigenvalue weighted by atomic mass is 10.0. The van der Waals surface area contributed by atoms with Crippen LogP contribution in [0.15, 0.2) is 18.2 Å². The van der Waals surface area contributed by atoms with Crippen LogP contribution in [0.2, 0.25) is 0 Å². The predicted octanol–water partition coefficient (Wildman–Crippen LogP) is 2.30. The van der Waals surface area contributed by atoms with Crippen molar-refractivity contribution in [3.8, 4) is 0 Å². The molecule has 1 aromatic rings. The highest BCUT2D eigenvalue weighted by Crippen LogP contribution is 2.43. The lowest BCUT2D eigenvalue weighted by Crippen LogP contribution is -1.93. The fraction of sp³-hybridized carbons (Fsp3) is 0.364. The lowest BCUT2D eigenvalue weighted by molar-refractivity contribution is 0.0988. The van der Waals surface area contributed by atoms with Crippen molar-refractivity contribution >= 4 is 5.78 Å². The van der Waals surface area contributed by atoms with Crippen LogP contribution < -0.4 is 0 Å². The molecule has 2 aliphatic carbocycles. The molecule has 2 aliphatic rings. The molecule has 0 amide bonds. The van der Waals surface area contributed by atoms with Crippen LogP contribution in [0, 0.1) is 0 Å². The van der Waals surface area contributed by atoms with Crippen molar-refractivity contribution in [1.29, 1.82) is 0 Å². The molecule has 0 aliphatic heterocycles. The van der Waals surface area contributed by atoms with E-state index in [2.05, 4.69) is 6.07 Å². The zero-order chi connectivity index (χ0) is 8.13. The van der Waals surface area contributed by atoms with E-state index in [4.69, 9.17) is 0 Å². The predicted molar refractivity (Wildman–Crippen MR) is 46.5 cm³/mol. The first-order valence-corrected chi connectivity index (χ1v) is 4.51. The standard InChI is InChI=1S/C11H10O/c12-10-6-8-5-4-7-2-1-3-9(10)11(7)8/h1-3,8H,4-6H2. The van der Waals surface area contributed by atoms with Crippen LogP contribution in [0.5, 0.6) is 0 Å². The Hall–Kier alpha value is -1.11. The highest BCUT2D eigenvalue weighted by molar-refractivity contribution is 6.02. The lowest BCUT2D eigenvalue weighted by Gasteiger charge is -1.99. The monoisotopic (exact) mass is 158 g/mol. The molecule has 0 heterocycles. The number of hydrogen-bond acceptors (Lipinski definition) is 1. The topological polar surface area (TPSA) is 17.1 Å². The Balaban J connectivity index is 2.35. The van der Waals surface area contributed by atoms with Gasteiger partial charge < -0.3 is 0 Å². The Morgan fingerprint density at radius 1 is 1.33 bits per heavy atom. The maximum atomic E-state index is 11.5. The fourth-order valence-corrected chi connectivity index (χ4v) is 2.57. The van der Waals surface area contributed by atoms with E-state index in [0.29, 0.717) is 11.7 Å². The minimum Gasteiger partial charge on any atom is -0.294 e. The molecule has 1 heteroatoms. The van der Waals surface area contributed by atoms with Crippen molar-refractivity contribution in [3.05, 3.63) is 34.9 Å². The van der Waals surface area contributed by atoms with Crippen LogP contribution in [0.3, 0.4) is 0 Å². The number of rotatable bonds is 0. The van der Waals surface area contributed by atoms with Gasteiger partial charge in [-0.2, -0.15) is 0 Å². The second-order valence-electron chi connectivity index (χ2n) is 3.74. The number of carbonyl (C=O) groups excluding carboxylic acids is 1. The van der Waals surface area contributed by atoms with Crippen LogP contribution in [-0.2, 0) is 6.42 Å². The number of hydrogen-bond donors (Lipinski definition) is 0. The fourth-order valence-electron chi connectivity index (χ4n) is 2.57. The van der Waals surface area contributed by atoms with E-state index >= 15 is 0 Å². The summed E-state index contributed by atoms with van der Waals surface area (Å²) in [6.07, 6.45) is 3.14. The minimum atomic E-state index is 0.358. The highest BCUT2D eigenvalue weighted by Gasteiger charge is 2.34. The molecular weight excluding hydrogens is 148 g/mol. The van der Waals surface area contributed by atoms with Crippen LogP contribution in [0.4, 0.5) is 0 Å². The smallest absolute Gasteiger partial charge is 0.163 e. The summed E-state index contributed by atoms with van der Waals surface area (Å²) < 4.78 is 0. The molecule has 1 atom stereocenters. The van der Waals surface area contributed by atoms with Gasteiger partial charge in [0.05, 0.1) is 0 Å². The van der Waals surface area contributed by atoms with E-state index in [-0.39, 0.29) is 0 Å². The highest BCUT2D eigenvalue weighted by atomic mass is 16.1. The number of aryl methyl sites for hydroxylation is 1. The van der Waals surface area contributed by atoms with E-state index in [9.17, 15) is 4.79 Å². The molecule has 1 unspecified atom stereocenters. The second-order valence-corrected chi connectivity index (χ2v) is 3.74. The molecule has 1 aromatic carbocycles. The van der Waals surface area contributed by atoms with Crippen LogP contribution in [-0.4, -0.2) is 5.78 Å². The van der Waals surface area contributed by atoms with Crippen LogP contribution >= 0.6 is 0 Å². The van der Waals surface area contributed by atoms with Gasteiger partial charge in [0.25, 0.3) is 0 Å². The Labute approximate surface area is 71.4 Å². The third kappa shape index (κ3) is 0.619. The number of benzene rings is 1. The van der Waals surface area contributed by atoms with E-state index in [0.717, 1.165) is 12.0 Å². The maximum absolute atomic E-state index is 11.5. The summed E-state index contributed by atoms with van der Waals surface area (Å²) in [4.78, 5) is 11.5. The summed E-state index contributed by atoms with van der Waals surface area (Å²) in [5.41, 5.74) is 3.81. The summed E-state index contributed by atoms with van der Waals surface area (Å²) in [7, 11) is 0. The van der Waals surface area contributed by atoms with Gasteiger partial charge in [0.15, 0.2) is 5.78 Å². The van der Waals surface area contributed by atoms with Gasteiger partial charge in [-0.05, 0) is 29.9 Å². The quantitative estimate of drug-likeness (QED) is 0.566. The van der Waals surface area contributed by atoms with Crippen molar-refractivity contribution in [2.45, 2.75) is 25.2 Å². The molecule has 0 saturated heterocycles. The first kappa shape index (κ1) is 6.41. The molecule has 0 fully saturated rings. The molecule has 0 spiro atoms. The Morgan fingerprint density at radius 2 is 2.25 bits per heavy atom. The van der Waals surface area contributed by atoms with Crippen molar-refractivity contribution < 1.29 is 4.79 Å². The molecule has 60 valence electrons. The molecule has 0 aromatic heterocycles. The van der Waals surface area contributed by atoms with E-state index in [1.165, 1.54) is 24.0 Å². The number of ketones is 1.